The fourth-order valence-corrected chi connectivity index (χ4v) is 1.88. The van der Waals surface area contributed by atoms with Crippen molar-refractivity contribution in [2.45, 2.75) is 32.4 Å². The predicted molar refractivity (Wildman–Crippen MR) is 72.3 cm³/mol. The van der Waals surface area contributed by atoms with Crippen LogP contribution in [0.2, 0.25) is 0 Å². The molecule has 0 saturated carbocycles. The van der Waals surface area contributed by atoms with Crippen LogP contribution in [0.3, 0.4) is 0 Å². The molecule has 0 aliphatic rings. The highest BCUT2D eigenvalue weighted by molar-refractivity contribution is 5.32. The highest BCUT2D eigenvalue weighted by Gasteiger charge is 2.26. The fourth-order valence-electron chi connectivity index (χ4n) is 1.88. The van der Waals surface area contributed by atoms with Crippen molar-refractivity contribution in [3.05, 3.63) is 29.8 Å². The predicted octanol–water partition coefficient (Wildman–Crippen LogP) is 2.21. The average molecular weight is 236 g/mol. The van der Waals surface area contributed by atoms with Crippen LogP contribution in [0.1, 0.15) is 26.3 Å². The van der Waals surface area contributed by atoms with Crippen LogP contribution in [0.15, 0.2) is 24.3 Å². The van der Waals surface area contributed by atoms with E-state index >= 15 is 0 Å². The smallest absolute Gasteiger partial charge is 0.119 e. The van der Waals surface area contributed by atoms with Crippen LogP contribution in [0.5, 0.6) is 5.75 Å². The number of benzene rings is 1. The van der Waals surface area contributed by atoms with Gasteiger partial charge in [0.25, 0.3) is 0 Å². The van der Waals surface area contributed by atoms with Crippen LogP contribution >= 0.6 is 0 Å². The molecule has 0 aliphatic carbocycles. The molecule has 0 fully saturated rings. The van der Waals surface area contributed by atoms with Crippen molar-refractivity contribution >= 4 is 0 Å². The number of hydrogen-bond donors (Lipinski definition) is 1. The van der Waals surface area contributed by atoms with Crippen molar-refractivity contribution in [3.63, 3.8) is 0 Å². The molecule has 0 radical (unpaired) electrons. The molecule has 0 saturated heterocycles. The highest BCUT2D eigenvalue weighted by Crippen LogP contribution is 2.28. The van der Waals surface area contributed by atoms with Crippen molar-refractivity contribution in [1.82, 2.24) is 4.90 Å². The topological polar surface area (TPSA) is 38.5 Å². The molecule has 3 heteroatoms. The van der Waals surface area contributed by atoms with Gasteiger partial charge < -0.3 is 10.5 Å². The van der Waals surface area contributed by atoms with Crippen LogP contribution in [0.4, 0.5) is 0 Å². The van der Waals surface area contributed by atoms with Gasteiger partial charge in [-0.3, -0.25) is 4.90 Å². The van der Waals surface area contributed by atoms with Crippen LogP contribution in [0, 0.1) is 0 Å². The minimum atomic E-state index is -0.0534. The number of nitrogens with zero attached hydrogens (tertiary/aromatic N) is 1. The lowest BCUT2D eigenvalue weighted by atomic mass is 9.92. The van der Waals surface area contributed by atoms with Gasteiger partial charge in [-0.05, 0) is 45.5 Å². The molecular weight excluding hydrogens is 212 g/mol. The molecule has 0 spiro atoms. The van der Waals surface area contributed by atoms with Crippen molar-refractivity contribution in [2.75, 3.05) is 20.7 Å². The van der Waals surface area contributed by atoms with Gasteiger partial charge in [0, 0.05) is 18.1 Å². The van der Waals surface area contributed by atoms with E-state index in [2.05, 4.69) is 37.9 Å². The Morgan fingerprint density at radius 2 is 2.06 bits per heavy atom. The summed E-state index contributed by atoms with van der Waals surface area (Å²) < 4.78 is 5.27. The van der Waals surface area contributed by atoms with Crippen LogP contribution in [-0.4, -0.2) is 31.6 Å². The van der Waals surface area contributed by atoms with E-state index in [4.69, 9.17) is 10.5 Å². The second-order valence-electron chi connectivity index (χ2n) is 5.15. The zero-order valence-electron chi connectivity index (χ0n) is 11.5. The Labute approximate surface area is 105 Å². The minimum absolute atomic E-state index is 0.0534. The zero-order chi connectivity index (χ0) is 13.1. The first-order valence-corrected chi connectivity index (χ1v) is 5.99. The summed E-state index contributed by atoms with van der Waals surface area (Å²) in [4.78, 5) is 2.27. The first-order valence-electron chi connectivity index (χ1n) is 5.99. The summed E-state index contributed by atoms with van der Waals surface area (Å²) in [5.41, 5.74) is 7.04. The minimum Gasteiger partial charge on any atom is -0.497 e. The number of ether oxygens (including phenoxy) is 1. The van der Waals surface area contributed by atoms with Crippen LogP contribution in [0.25, 0.3) is 0 Å². The summed E-state index contributed by atoms with van der Waals surface area (Å²) in [6, 6.07) is 8.36. The summed E-state index contributed by atoms with van der Waals surface area (Å²) in [5.74, 6) is 0.893. The largest absolute Gasteiger partial charge is 0.497 e. The van der Waals surface area contributed by atoms with Gasteiger partial charge in [-0.1, -0.05) is 12.1 Å². The van der Waals surface area contributed by atoms with Crippen molar-refractivity contribution in [1.29, 1.82) is 0 Å². The van der Waals surface area contributed by atoms with Gasteiger partial charge in [-0.25, -0.2) is 0 Å². The summed E-state index contributed by atoms with van der Waals surface area (Å²) in [6.45, 7) is 7.29. The number of likely N-dealkylation sites (N-methyl/N-ethyl adjacent to an activating group) is 1. The lowest BCUT2D eigenvalue weighted by Crippen LogP contribution is -2.44. The first-order chi connectivity index (χ1) is 7.87. The molecule has 0 bridgehead atoms. The Balaban J connectivity index is 2.94. The van der Waals surface area contributed by atoms with Crippen LogP contribution in [-0.2, 0) is 5.54 Å². The van der Waals surface area contributed by atoms with Gasteiger partial charge >= 0.3 is 0 Å². The van der Waals surface area contributed by atoms with E-state index in [0.717, 1.165) is 12.3 Å². The third-order valence-corrected chi connectivity index (χ3v) is 3.29. The monoisotopic (exact) mass is 236 g/mol. The SMILES string of the molecule is COc1cccc(C(C)(C)N(C)C[C@H](C)N)c1. The van der Waals surface area contributed by atoms with Gasteiger partial charge in [-0.15, -0.1) is 0 Å². The van der Waals surface area contributed by atoms with E-state index in [1.54, 1.807) is 7.11 Å². The van der Waals surface area contributed by atoms with Crippen molar-refractivity contribution in [3.8, 4) is 5.75 Å². The second kappa shape index (κ2) is 5.52. The number of methoxy groups -OCH3 is 1. The van der Waals surface area contributed by atoms with Gasteiger partial charge in [-0.2, -0.15) is 0 Å². The molecular formula is C14H24N2O. The Morgan fingerprint density at radius 3 is 2.59 bits per heavy atom. The Bertz CT molecular complexity index is 361. The quantitative estimate of drug-likeness (QED) is 0.852. The summed E-state index contributed by atoms with van der Waals surface area (Å²) in [7, 11) is 3.79. The molecule has 3 nitrogen and oxygen atoms in total. The Hall–Kier alpha value is -1.06. The molecule has 0 heterocycles. The third kappa shape index (κ3) is 3.45. The molecule has 0 amide bonds. The Morgan fingerprint density at radius 1 is 1.41 bits per heavy atom. The molecule has 2 N–H and O–H groups in total. The average Bonchev–Trinajstić information content (AvgIpc) is 2.28. The molecule has 1 aromatic carbocycles. The lowest BCUT2D eigenvalue weighted by molar-refractivity contribution is 0.149. The van der Waals surface area contributed by atoms with Crippen molar-refractivity contribution < 1.29 is 4.74 Å². The molecule has 1 aromatic rings. The van der Waals surface area contributed by atoms with Crippen LogP contribution < -0.4 is 10.5 Å². The summed E-state index contributed by atoms with van der Waals surface area (Å²) in [6.07, 6.45) is 0. The molecule has 0 unspecified atom stereocenters. The normalized spacial score (nSPS) is 13.8. The molecule has 96 valence electrons. The lowest BCUT2D eigenvalue weighted by Gasteiger charge is -2.37. The molecule has 1 atom stereocenters. The second-order valence-corrected chi connectivity index (χ2v) is 5.15. The molecule has 0 aliphatic heterocycles. The van der Waals surface area contributed by atoms with Crippen molar-refractivity contribution in [2.24, 2.45) is 5.73 Å². The summed E-state index contributed by atoms with van der Waals surface area (Å²) >= 11 is 0. The third-order valence-electron chi connectivity index (χ3n) is 3.29. The van der Waals surface area contributed by atoms with Gasteiger partial charge in [0.2, 0.25) is 0 Å². The standard InChI is InChI=1S/C14H24N2O/c1-11(15)10-16(4)14(2,3)12-7-6-8-13(9-12)17-5/h6-9,11H,10,15H2,1-5H3/t11-/m0/s1. The maximum absolute atomic E-state index is 5.86. The highest BCUT2D eigenvalue weighted by atomic mass is 16.5. The van der Waals surface area contributed by atoms with E-state index in [1.807, 2.05) is 19.1 Å². The van der Waals surface area contributed by atoms with E-state index in [0.29, 0.717) is 0 Å². The zero-order valence-corrected chi connectivity index (χ0v) is 11.5. The molecule has 17 heavy (non-hydrogen) atoms. The number of rotatable bonds is 5. The first kappa shape index (κ1) is 14.0. The van der Waals surface area contributed by atoms with Gasteiger partial charge in [0.1, 0.15) is 5.75 Å². The van der Waals surface area contributed by atoms with E-state index in [9.17, 15) is 0 Å². The van der Waals surface area contributed by atoms with E-state index in [1.165, 1.54) is 5.56 Å². The molecule has 1 rings (SSSR count). The maximum atomic E-state index is 5.86. The van der Waals surface area contributed by atoms with E-state index in [-0.39, 0.29) is 11.6 Å². The fraction of sp³-hybridized carbons (Fsp3) is 0.571. The Kier molecular flexibility index (Phi) is 4.54. The number of nitrogens with two attached hydrogens (primary N) is 1. The maximum Gasteiger partial charge on any atom is 0.119 e. The number of hydrogen-bond acceptors (Lipinski definition) is 3. The van der Waals surface area contributed by atoms with Gasteiger partial charge in [0.15, 0.2) is 0 Å². The summed E-state index contributed by atoms with van der Waals surface area (Å²) in [5, 5.41) is 0. The molecule has 0 aromatic heterocycles. The van der Waals surface area contributed by atoms with Gasteiger partial charge in [0.05, 0.1) is 7.11 Å². The van der Waals surface area contributed by atoms with E-state index < -0.39 is 0 Å².